The minimum Gasteiger partial charge on any atom is -0.484 e. The van der Waals surface area contributed by atoms with Gasteiger partial charge in [-0.25, -0.2) is 4.79 Å². The van der Waals surface area contributed by atoms with Crippen LogP contribution >= 0.6 is 0 Å². The number of hydrogen-bond donors (Lipinski definition) is 1. The summed E-state index contributed by atoms with van der Waals surface area (Å²) in [5.41, 5.74) is 0.508. The molecule has 1 N–H and O–H groups in total. The van der Waals surface area contributed by atoms with Crippen molar-refractivity contribution >= 4 is 11.9 Å². The van der Waals surface area contributed by atoms with E-state index in [0.717, 1.165) is 0 Å². The summed E-state index contributed by atoms with van der Waals surface area (Å²) in [6.45, 7) is 0.252. The highest BCUT2D eigenvalue weighted by molar-refractivity contribution is 5.85. The highest BCUT2D eigenvalue weighted by atomic mass is 16.5. The molecule has 0 saturated carbocycles. The van der Waals surface area contributed by atoms with Gasteiger partial charge in [0, 0.05) is 6.54 Å². The number of carbonyl (C=O) groups is 2. The SMILES string of the molecule is N#Cc1ccc(OCC(=O)N2CCC[C@H]2C(=O)O)cc1. The molecular weight excluding hydrogens is 260 g/mol. The third-order valence-electron chi connectivity index (χ3n) is 3.20. The predicted molar refractivity (Wildman–Crippen MR) is 69.0 cm³/mol. The molecule has 6 nitrogen and oxygen atoms in total. The van der Waals surface area contributed by atoms with E-state index in [2.05, 4.69) is 0 Å². The van der Waals surface area contributed by atoms with E-state index in [1.807, 2.05) is 6.07 Å². The number of ether oxygens (including phenoxy) is 1. The van der Waals surface area contributed by atoms with Crippen molar-refractivity contribution < 1.29 is 19.4 Å². The van der Waals surface area contributed by atoms with E-state index >= 15 is 0 Å². The molecule has 104 valence electrons. The largest absolute Gasteiger partial charge is 0.484 e. The van der Waals surface area contributed by atoms with Gasteiger partial charge < -0.3 is 14.7 Å². The Bertz CT molecular complexity index is 547. The van der Waals surface area contributed by atoms with Crippen LogP contribution in [0.1, 0.15) is 18.4 Å². The van der Waals surface area contributed by atoms with Crippen LogP contribution in [0.3, 0.4) is 0 Å². The number of carboxylic acid groups (broad SMARTS) is 1. The Hall–Kier alpha value is -2.55. The molecule has 1 aromatic rings. The minimum absolute atomic E-state index is 0.199. The fourth-order valence-corrected chi connectivity index (χ4v) is 2.18. The highest BCUT2D eigenvalue weighted by Crippen LogP contribution is 2.18. The minimum atomic E-state index is -0.978. The lowest BCUT2D eigenvalue weighted by Gasteiger charge is -2.21. The number of likely N-dealkylation sites (tertiary alicyclic amines) is 1. The number of carboxylic acids is 1. The quantitative estimate of drug-likeness (QED) is 0.885. The molecule has 1 saturated heterocycles. The van der Waals surface area contributed by atoms with Crippen molar-refractivity contribution in [2.75, 3.05) is 13.2 Å². The molecule has 1 aliphatic heterocycles. The van der Waals surface area contributed by atoms with Crippen LogP contribution in [0, 0.1) is 11.3 Å². The van der Waals surface area contributed by atoms with Crippen LogP contribution in [-0.2, 0) is 9.59 Å². The number of hydrogen-bond acceptors (Lipinski definition) is 4. The van der Waals surface area contributed by atoms with E-state index in [1.165, 1.54) is 4.90 Å². The smallest absolute Gasteiger partial charge is 0.326 e. The molecule has 0 aromatic heterocycles. The number of amides is 1. The van der Waals surface area contributed by atoms with Crippen LogP contribution in [0.4, 0.5) is 0 Å². The maximum absolute atomic E-state index is 11.9. The van der Waals surface area contributed by atoms with Gasteiger partial charge in [0.25, 0.3) is 5.91 Å². The summed E-state index contributed by atoms with van der Waals surface area (Å²) in [5, 5.41) is 17.7. The van der Waals surface area contributed by atoms with Gasteiger partial charge in [-0.15, -0.1) is 0 Å². The van der Waals surface area contributed by atoms with Gasteiger partial charge in [-0.2, -0.15) is 5.26 Å². The molecule has 1 aliphatic rings. The number of nitriles is 1. The highest BCUT2D eigenvalue weighted by Gasteiger charge is 2.33. The molecule has 1 fully saturated rings. The average molecular weight is 274 g/mol. The number of carbonyl (C=O) groups excluding carboxylic acids is 1. The zero-order chi connectivity index (χ0) is 14.5. The van der Waals surface area contributed by atoms with Gasteiger partial charge in [0.15, 0.2) is 6.61 Å². The van der Waals surface area contributed by atoms with Crippen LogP contribution in [0.15, 0.2) is 24.3 Å². The monoisotopic (exact) mass is 274 g/mol. The Morgan fingerprint density at radius 2 is 2.10 bits per heavy atom. The first-order valence-electron chi connectivity index (χ1n) is 6.27. The van der Waals surface area contributed by atoms with Gasteiger partial charge in [-0.3, -0.25) is 4.79 Å². The van der Waals surface area contributed by atoms with Crippen LogP contribution in [0.25, 0.3) is 0 Å². The zero-order valence-corrected chi connectivity index (χ0v) is 10.8. The first-order chi connectivity index (χ1) is 9.61. The summed E-state index contributed by atoms with van der Waals surface area (Å²) >= 11 is 0. The molecule has 0 spiro atoms. The number of benzene rings is 1. The van der Waals surface area contributed by atoms with E-state index in [-0.39, 0.29) is 12.5 Å². The molecule has 0 bridgehead atoms. The maximum atomic E-state index is 11.9. The molecule has 2 rings (SSSR count). The molecule has 1 amide bonds. The third kappa shape index (κ3) is 3.06. The Kier molecular flexibility index (Phi) is 4.20. The average Bonchev–Trinajstić information content (AvgIpc) is 2.95. The Morgan fingerprint density at radius 3 is 2.70 bits per heavy atom. The van der Waals surface area contributed by atoms with Crippen molar-refractivity contribution in [3.63, 3.8) is 0 Å². The lowest BCUT2D eigenvalue weighted by Crippen LogP contribution is -2.42. The summed E-state index contributed by atoms with van der Waals surface area (Å²) in [6, 6.07) is 7.63. The standard InChI is InChI=1S/C14H14N2O4/c15-8-10-3-5-11(6-4-10)20-9-13(17)16-7-1-2-12(16)14(18)19/h3-6,12H,1-2,7,9H2,(H,18,19)/t12-/m0/s1. The van der Waals surface area contributed by atoms with Crippen molar-refractivity contribution in [3.05, 3.63) is 29.8 Å². The maximum Gasteiger partial charge on any atom is 0.326 e. The van der Waals surface area contributed by atoms with Gasteiger partial charge in [-0.1, -0.05) is 0 Å². The van der Waals surface area contributed by atoms with Crippen LogP contribution in [-0.4, -0.2) is 41.1 Å². The molecule has 1 aromatic carbocycles. The normalized spacial score (nSPS) is 17.6. The second-order valence-corrected chi connectivity index (χ2v) is 4.51. The summed E-state index contributed by atoms with van der Waals surface area (Å²) in [6.07, 6.45) is 1.18. The van der Waals surface area contributed by atoms with Crippen molar-refractivity contribution in [1.29, 1.82) is 5.26 Å². The summed E-state index contributed by atoms with van der Waals surface area (Å²) in [4.78, 5) is 24.3. The zero-order valence-electron chi connectivity index (χ0n) is 10.8. The van der Waals surface area contributed by atoms with Crippen molar-refractivity contribution in [2.24, 2.45) is 0 Å². The second-order valence-electron chi connectivity index (χ2n) is 4.51. The molecule has 1 heterocycles. The lowest BCUT2D eigenvalue weighted by molar-refractivity contribution is -0.148. The number of aliphatic carboxylic acids is 1. The van der Waals surface area contributed by atoms with Crippen molar-refractivity contribution in [2.45, 2.75) is 18.9 Å². The van der Waals surface area contributed by atoms with E-state index in [0.29, 0.717) is 30.7 Å². The number of rotatable bonds is 4. The molecule has 0 radical (unpaired) electrons. The Balaban J connectivity index is 1.91. The fourth-order valence-electron chi connectivity index (χ4n) is 2.18. The third-order valence-corrected chi connectivity index (χ3v) is 3.20. The second kappa shape index (κ2) is 6.06. The van der Waals surface area contributed by atoms with Gasteiger partial charge in [-0.05, 0) is 37.1 Å². The Labute approximate surface area is 116 Å². The molecule has 0 unspecified atom stereocenters. The fraction of sp³-hybridized carbons (Fsp3) is 0.357. The summed E-state index contributed by atoms with van der Waals surface area (Å²) < 4.78 is 5.31. The molecule has 0 aliphatic carbocycles. The van der Waals surface area contributed by atoms with Crippen LogP contribution < -0.4 is 4.74 Å². The van der Waals surface area contributed by atoms with Crippen LogP contribution in [0.5, 0.6) is 5.75 Å². The molecule has 20 heavy (non-hydrogen) atoms. The van der Waals surface area contributed by atoms with E-state index in [4.69, 9.17) is 15.1 Å². The Morgan fingerprint density at radius 1 is 1.40 bits per heavy atom. The van der Waals surface area contributed by atoms with Gasteiger partial charge in [0.05, 0.1) is 11.6 Å². The number of nitrogens with zero attached hydrogens (tertiary/aromatic N) is 2. The predicted octanol–water partition coefficient (Wildman–Crippen LogP) is 1.01. The van der Waals surface area contributed by atoms with Crippen molar-refractivity contribution in [3.8, 4) is 11.8 Å². The molecular formula is C14H14N2O4. The first kappa shape index (κ1) is 13.9. The summed E-state index contributed by atoms with van der Waals surface area (Å²) in [7, 11) is 0. The first-order valence-corrected chi connectivity index (χ1v) is 6.27. The van der Waals surface area contributed by atoms with E-state index in [9.17, 15) is 9.59 Å². The molecule has 6 heteroatoms. The van der Waals surface area contributed by atoms with Gasteiger partial charge in [0.2, 0.25) is 0 Å². The van der Waals surface area contributed by atoms with Crippen LogP contribution in [0.2, 0.25) is 0 Å². The van der Waals surface area contributed by atoms with Gasteiger partial charge in [0.1, 0.15) is 11.8 Å². The van der Waals surface area contributed by atoms with Crippen molar-refractivity contribution in [1.82, 2.24) is 4.90 Å². The lowest BCUT2D eigenvalue weighted by atomic mass is 10.2. The van der Waals surface area contributed by atoms with Gasteiger partial charge >= 0.3 is 5.97 Å². The molecule has 1 atom stereocenters. The van der Waals surface area contributed by atoms with E-state index in [1.54, 1.807) is 24.3 Å². The topological polar surface area (TPSA) is 90.6 Å². The van der Waals surface area contributed by atoms with E-state index < -0.39 is 12.0 Å². The summed E-state index contributed by atoms with van der Waals surface area (Å²) in [5.74, 6) is -0.836.